The van der Waals surface area contributed by atoms with E-state index in [0.29, 0.717) is 11.2 Å². The second-order valence-electron chi connectivity index (χ2n) is 4.92. The Morgan fingerprint density at radius 2 is 2.06 bits per heavy atom. The predicted molar refractivity (Wildman–Crippen MR) is 62.7 cm³/mol. The molecule has 5 nitrogen and oxygen atoms in total. The van der Waals surface area contributed by atoms with E-state index in [1.807, 2.05) is 6.07 Å². The zero-order valence-corrected chi connectivity index (χ0v) is 9.24. The molecule has 86 valence electrons. The van der Waals surface area contributed by atoms with Crippen LogP contribution in [0.2, 0.25) is 0 Å². The van der Waals surface area contributed by atoms with E-state index in [1.54, 1.807) is 0 Å². The van der Waals surface area contributed by atoms with E-state index in [1.165, 1.54) is 32.0 Å². The van der Waals surface area contributed by atoms with Gasteiger partial charge in [-0.05, 0) is 37.0 Å². The Balaban J connectivity index is 1.61. The highest BCUT2D eigenvalue weighted by Crippen LogP contribution is 2.61. The van der Waals surface area contributed by atoms with Crippen LogP contribution in [0.3, 0.4) is 0 Å². The second-order valence-corrected chi connectivity index (χ2v) is 4.92. The first-order chi connectivity index (χ1) is 7.82. The van der Waals surface area contributed by atoms with Crippen molar-refractivity contribution in [2.24, 2.45) is 17.2 Å². The summed E-state index contributed by atoms with van der Waals surface area (Å²) < 4.78 is 0. The van der Waals surface area contributed by atoms with Crippen LogP contribution in [0.5, 0.6) is 0 Å². The molecule has 2 aliphatic carbocycles. The SMILES string of the molecule is NNc1cc(NCC2(C3CC3)CC2)ncn1. The molecule has 0 aromatic carbocycles. The number of rotatable bonds is 5. The number of nitrogen functional groups attached to an aromatic ring is 1. The lowest BCUT2D eigenvalue weighted by atomic mass is 10.0. The number of hydrogen-bond donors (Lipinski definition) is 3. The van der Waals surface area contributed by atoms with Gasteiger partial charge in [0.2, 0.25) is 0 Å². The highest BCUT2D eigenvalue weighted by atomic mass is 15.3. The van der Waals surface area contributed by atoms with Gasteiger partial charge in [0.1, 0.15) is 18.0 Å². The first-order valence-electron chi connectivity index (χ1n) is 5.85. The highest BCUT2D eigenvalue weighted by Gasteiger charge is 2.53. The number of nitrogens with two attached hydrogens (primary N) is 1. The molecule has 1 heterocycles. The van der Waals surface area contributed by atoms with Crippen LogP contribution < -0.4 is 16.6 Å². The topological polar surface area (TPSA) is 75.9 Å². The monoisotopic (exact) mass is 219 g/mol. The maximum Gasteiger partial charge on any atom is 0.145 e. The van der Waals surface area contributed by atoms with Crippen molar-refractivity contribution < 1.29 is 0 Å². The van der Waals surface area contributed by atoms with E-state index >= 15 is 0 Å². The van der Waals surface area contributed by atoms with Gasteiger partial charge in [0.15, 0.2) is 0 Å². The normalized spacial score (nSPS) is 21.6. The van der Waals surface area contributed by atoms with E-state index < -0.39 is 0 Å². The van der Waals surface area contributed by atoms with Crippen LogP contribution in [0.4, 0.5) is 11.6 Å². The van der Waals surface area contributed by atoms with Gasteiger partial charge in [-0.2, -0.15) is 0 Å². The molecule has 1 aromatic heterocycles. The van der Waals surface area contributed by atoms with E-state index in [0.717, 1.165) is 18.3 Å². The maximum absolute atomic E-state index is 5.30. The van der Waals surface area contributed by atoms with Crippen LogP contribution in [-0.4, -0.2) is 16.5 Å². The van der Waals surface area contributed by atoms with Gasteiger partial charge in [-0.15, -0.1) is 0 Å². The van der Waals surface area contributed by atoms with Crippen molar-refractivity contribution in [1.29, 1.82) is 0 Å². The molecule has 0 amide bonds. The van der Waals surface area contributed by atoms with Crippen molar-refractivity contribution in [2.45, 2.75) is 25.7 Å². The van der Waals surface area contributed by atoms with Crippen molar-refractivity contribution in [1.82, 2.24) is 9.97 Å². The summed E-state index contributed by atoms with van der Waals surface area (Å²) in [5.74, 6) is 7.77. The van der Waals surface area contributed by atoms with Crippen molar-refractivity contribution in [2.75, 3.05) is 17.3 Å². The van der Waals surface area contributed by atoms with Gasteiger partial charge in [0, 0.05) is 12.6 Å². The third kappa shape index (κ3) is 1.82. The van der Waals surface area contributed by atoms with Crippen molar-refractivity contribution in [3.8, 4) is 0 Å². The zero-order chi connectivity index (χ0) is 11.0. The fourth-order valence-corrected chi connectivity index (χ4v) is 2.39. The Labute approximate surface area is 94.8 Å². The lowest BCUT2D eigenvalue weighted by Crippen LogP contribution is -2.18. The summed E-state index contributed by atoms with van der Waals surface area (Å²) in [4.78, 5) is 8.16. The second kappa shape index (κ2) is 3.59. The van der Waals surface area contributed by atoms with Crippen LogP contribution in [-0.2, 0) is 0 Å². The van der Waals surface area contributed by atoms with E-state index in [-0.39, 0.29) is 0 Å². The minimum atomic E-state index is 0.585. The highest BCUT2D eigenvalue weighted by molar-refractivity contribution is 5.45. The largest absolute Gasteiger partial charge is 0.369 e. The lowest BCUT2D eigenvalue weighted by Gasteiger charge is -2.15. The van der Waals surface area contributed by atoms with Gasteiger partial charge >= 0.3 is 0 Å². The summed E-state index contributed by atoms with van der Waals surface area (Å²) in [6.45, 7) is 1.04. The molecule has 0 saturated heterocycles. The molecule has 3 rings (SSSR count). The van der Waals surface area contributed by atoms with E-state index in [9.17, 15) is 0 Å². The first kappa shape index (κ1) is 9.84. The minimum absolute atomic E-state index is 0.585. The number of anilines is 2. The molecule has 0 atom stereocenters. The fraction of sp³-hybridized carbons (Fsp3) is 0.636. The van der Waals surface area contributed by atoms with Crippen molar-refractivity contribution in [3.63, 3.8) is 0 Å². The number of nitrogens with one attached hydrogen (secondary N) is 2. The number of aromatic nitrogens is 2. The minimum Gasteiger partial charge on any atom is -0.369 e. The van der Waals surface area contributed by atoms with Crippen LogP contribution >= 0.6 is 0 Å². The standard InChI is InChI=1S/C11H17N5/c12-16-10-5-9(14-7-15-10)13-6-11(3-4-11)8-1-2-8/h5,7-8H,1-4,6,12H2,(H2,13,14,15,16). The average Bonchev–Trinajstić information content (AvgIpc) is 3.17. The van der Waals surface area contributed by atoms with Gasteiger partial charge in [0.05, 0.1) is 0 Å². The zero-order valence-electron chi connectivity index (χ0n) is 9.24. The Hall–Kier alpha value is -1.36. The summed E-state index contributed by atoms with van der Waals surface area (Å²) in [6.07, 6.45) is 7.10. The Kier molecular flexibility index (Phi) is 2.21. The van der Waals surface area contributed by atoms with Crippen LogP contribution in [0, 0.1) is 11.3 Å². The van der Waals surface area contributed by atoms with Gasteiger partial charge in [0.25, 0.3) is 0 Å². The van der Waals surface area contributed by atoms with Gasteiger partial charge in [-0.1, -0.05) is 0 Å². The first-order valence-corrected chi connectivity index (χ1v) is 5.85. The molecule has 2 saturated carbocycles. The third-order valence-electron chi connectivity index (χ3n) is 3.77. The molecule has 0 radical (unpaired) electrons. The molecular weight excluding hydrogens is 202 g/mol. The van der Waals surface area contributed by atoms with Crippen LogP contribution in [0.1, 0.15) is 25.7 Å². The fourth-order valence-electron chi connectivity index (χ4n) is 2.39. The Morgan fingerprint density at radius 1 is 1.31 bits per heavy atom. The van der Waals surface area contributed by atoms with Crippen molar-refractivity contribution >= 4 is 11.6 Å². The van der Waals surface area contributed by atoms with Gasteiger partial charge in [-0.3, -0.25) is 0 Å². The molecule has 4 N–H and O–H groups in total. The molecule has 2 aliphatic rings. The summed E-state index contributed by atoms with van der Waals surface area (Å²) in [6, 6.07) is 1.84. The maximum atomic E-state index is 5.30. The third-order valence-corrected chi connectivity index (χ3v) is 3.77. The van der Waals surface area contributed by atoms with Crippen LogP contribution in [0.15, 0.2) is 12.4 Å². The van der Waals surface area contributed by atoms with E-state index in [4.69, 9.17) is 5.84 Å². The lowest BCUT2D eigenvalue weighted by molar-refractivity contribution is 0.466. The quantitative estimate of drug-likeness (QED) is 0.515. The van der Waals surface area contributed by atoms with Crippen molar-refractivity contribution in [3.05, 3.63) is 12.4 Å². The summed E-state index contributed by atoms with van der Waals surface area (Å²) >= 11 is 0. The smallest absolute Gasteiger partial charge is 0.145 e. The molecular formula is C11H17N5. The Morgan fingerprint density at radius 3 is 2.69 bits per heavy atom. The van der Waals surface area contributed by atoms with Gasteiger partial charge in [-0.25, -0.2) is 15.8 Å². The van der Waals surface area contributed by atoms with Crippen LogP contribution in [0.25, 0.3) is 0 Å². The Bertz CT molecular complexity index is 384. The predicted octanol–water partition coefficient (Wildman–Crippen LogP) is 1.36. The molecule has 0 unspecified atom stereocenters. The summed E-state index contributed by atoms with van der Waals surface area (Å²) in [7, 11) is 0. The van der Waals surface area contributed by atoms with E-state index in [2.05, 4.69) is 20.7 Å². The summed E-state index contributed by atoms with van der Waals surface area (Å²) in [5, 5.41) is 3.40. The van der Waals surface area contributed by atoms with Gasteiger partial charge < -0.3 is 10.7 Å². The average molecular weight is 219 g/mol. The molecule has 2 fully saturated rings. The molecule has 0 aliphatic heterocycles. The molecule has 1 aromatic rings. The number of nitrogens with zero attached hydrogens (tertiary/aromatic N) is 2. The molecule has 5 heteroatoms. The number of hydrazine groups is 1. The molecule has 0 spiro atoms. The summed E-state index contributed by atoms with van der Waals surface area (Å²) in [5.41, 5.74) is 3.11. The molecule has 16 heavy (non-hydrogen) atoms. The number of hydrogen-bond acceptors (Lipinski definition) is 5. The molecule has 0 bridgehead atoms.